The topological polar surface area (TPSA) is 77.5 Å². The molecule has 0 saturated carbocycles. The number of rotatable bonds is 7. The molecule has 0 amide bonds. The lowest BCUT2D eigenvalue weighted by Gasteiger charge is -2.25. The van der Waals surface area contributed by atoms with Gasteiger partial charge < -0.3 is 19.9 Å². The first-order chi connectivity index (χ1) is 11.4. The van der Waals surface area contributed by atoms with Crippen molar-refractivity contribution in [2.45, 2.75) is 19.4 Å². The highest BCUT2D eigenvalue weighted by atomic mass is 16.5. The Balaban J connectivity index is 1.97. The molecule has 2 rings (SSSR count). The van der Waals surface area contributed by atoms with Crippen molar-refractivity contribution in [3.05, 3.63) is 53.6 Å². The minimum Gasteiger partial charge on any atom is -0.493 e. The lowest BCUT2D eigenvalue weighted by molar-refractivity contribution is 0.156. The van der Waals surface area contributed by atoms with Crippen molar-refractivity contribution in [3.8, 4) is 23.3 Å². The second kappa shape index (κ2) is 7.71. The quantitative estimate of drug-likeness (QED) is 0.846. The summed E-state index contributed by atoms with van der Waals surface area (Å²) in [6, 6.07) is 14.9. The predicted octanol–water partition coefficient (Wildman–Crippen LogP) is 3.05. The second-order valence-electron chi connectivity index (χ2n) is 5.97. The van der Waals surface area contributed by atoms with E-state index in [1.807, 2.05) is 38.1 Å². The van der Waals surface area contributed by atoms with E-state index >= 15 is 0 Å². The molecule has 0 aromatic heterocycles. The van der Waals surface area contributed by atoms with Crippen LogP contribution in [-0.4, -0.2) is 25.9 Å². The molecule has 24 heavy (non-hydrogen) atoms. The first-order valence-electron chi connectivity index (χ1n) is 7.63. The molecular weight excluding hydrogens is 304 g/mol. The summed E-state index contributed by atoms with van der Waals surface area (Å²) in [6.07, 6.45) is 0. The van der Waals surface area contributed by atoms with E-state index in [-0.39, 0.29) is 6.61 Å². The Bertz CT molecular complexity index is 736. The maximum absolute atomic E-state index is 8.93. The fraction of sp³-hybridized carbons (Fsp3) is 0.316. The van der Waals surface area contributed by atoms with E-state index in [4.69, 9.17) is 25.2 Å². The molecule has 0 bridgehead atoms. The molecular formula is C19H22N2O3. The fourth-order valence-corrected chi connectivity index (χ4v) is 2.10. The number of nitrogens with two attached hydrogens (primary N) is 1. The fourth-order valence-electron chi connectivity index (χ4n) is 2.10. The number of para-hydroxylation sites is 1. The van der Waals surface area contributed by atoms with Crippen LogP contribution in [0.1, 0.15) is 18.1 Å². The van der Waals surface area contributed by atoms with Crippen molar-refractivity contribution >= 4 is 0 Å². The first kappa shape index (κ1) is 17.6. The van der Waals surface area contributed by atoms with Crippen LogP contribution in [-0.2, 0) is 0 Å². The van der Waals surface area contributed by atoms with Crippen molar-refractivity contribution in [1.29, 1.82) is 5.26 Å². The van der Waals surface area contributed by atoms with Gasteiger partial charge in [-0.05, 0) is 37.6 Å². The molecule has 0 heterocycles. The third-order valence-electron chi connectivity index (χ3n) is 3.50. The van der Waals surface area contributed by atoms with Gasteiger partial charge in [-0.3, -0.25) is 0 Å². The van der Waals surface area contributed by atoms with Gasteiger partial charge >= 0.3 is 0 Å². The van der Waals surface area contributed by atoms with Crippen LogP contribution in [0, 0.1) is 18.3 Å². The Labute approximate surface area is 142 Å². The van der Waals surface area contributed by atoms with E-state index in [9.17, 15) is 0 Å². The minimum atomic E-state index is -0.679. The molecule has 1 atom stereocenters. The Hall–Kier alpha value is -2.71. The minimum absolute atomic E-state index is 0.251. The molecule has 2 aromatic rings. The molecule has 0 aliphatic carbocycles. The maximum Gasteiger partial charge on any atom is 0.162 e. The van der Waals surface area contributed by atoms with Crippen molar-refractivity contribution in [3.63, 3.8) is 0 Å². The summed E-state index contributed by atoms with van der Waals surface area (Å²) in [5.41, 5.74) is 7.16. The Morgan fingerprint density at radius 2 is 1.71 bits per heavy atom. The highest BCUT2D eigenvalue weighted by Crippen LogP contribution is 2.28. The van der Waals surface area contributed by atoms with Gasteiger partial charge in [0.25, 0.3) is 0 Å². The number of hydrogen-bond acceptors (Lipinski definition) is 5. The average molecular weight is 326 g/mol. The molecule has 2 aromatic carbocycles. The molecule has 5 heteroatoms. The summed E-state index contributed by atoms with van der Waals surface area (Å²) in [5.74, 6) is 1.86. The summed E-state index contributed by atoms with van der Waals surface area (Å²) in [7, 11) is 1.53. The summed E-state index contributed by atoms with van der Waals surface area (Å²) in [4.78, 5) is 0. The van der Waals surface area contributed by atoms with Crippen LogP contribution < -0.4 is 19.9 Å². The van der Waals surface area contributed by atoms with E-state index in [1.54, 1.807) is 18.2 Å². The largest absolute Gasteiger partial charge is 0.493 e. The number of benzene rings is 2. The molecule has 0 saturated heterocycles. The summed E-state index contributed by atoms with van der Waals surface area (Å²) >= 11 is 0. The summed E-state index contributed by atoms with van der Waals surface area (Å²) in [6.45, 7) is 4.42. The van der Waals surface area contributed by atoms with Gasteiger partial charge in [-0.15, -0.1) is 0 Å². The molecule has 1 unspecified atom stereocenters. The SMILES string of the molecule is COc1cc(C#N)ccc1OCC(C)(N)COc1ccccc1C. The number of ether oxygens (including phenoxy) is 3. The smallest absolute Gasteiger partial charge is 0.162 e. The molecule has 0 radical (unpaired) electrons. The predicted molar refractivity (Wildman–Crippen MR) is 92.5 cm³/mol. The van der Waals surface area contributed by atoms with E-state index in [0.29, 0.717) is 23.7 Å². The molecule has 0 aliphatic heterocycles. The van der Waals surface area contributed by atoms with Crippen molar-refractivity contribution in [1.82, 2.24) is 0 Å². The highest BCUT2D eigenvalue weighted by Gasteiger charge is 2.22. The third kappa shape index (κ3) is 4.64. The van der Waals surface area contributed by atoms with Gasteiger partial charge in [0.1, 0.15) is 19.0 Å². The van der Waals surface area contributed by atoms with Crippen LogP contribution in [0.25, 0.3) is 0 Å². The van der Waals surface area contributed by atoms with Crippen molar-refractivity contribution in [2.75, 3.05) is 20.3 Å². The number of methoxy groups -OCH3 is 1. The molecule has 0 fully saturated rings. The molecule has 0 spiro atoms. The highest BCUT2D eigenvalue weighted by molar-refractivity contribution is 5.46. The van der Waals surface area contributed by atoms with Crippen LogP contribution in [0.15, 0.2) is 42.5 Å². The van der Waals surface area contributed by atoms with E-state index in [1.165, 1.54) is 7.11 Å². The van der Waals surface area contributed by atoms with Gasteiger partial charge in [0.2, 0.25) is 0 Å². The second-order valence-corrected chi connectivity index (χ2v) is 5.97. The van der Waals surface area contributed by atoms with E-state index in [0.717, 1.165) is 11.3 Å². The number of nitriles is 1. The Morgan fingerprint density at radius 3 is 2.33 bits per heavy atom. The summed E-state index contributed by atoms with van der Waals surface area (Å²) < 4.78 is 16.8. The van der Waals surface area contributed by atoms with Gasteiger partial charge in [0.05, 0.1) is 24.3 Å². The maximum atomic E-state index is 8.93. The van der Waals surface area contributed by atoms with Gasteiger partial charge in [0.15, 0.2) is 11.5 Å². The number of nitrogens with zero attached hydrogens (tertiary/aromatic N) is 1. The van der Waals surface area contributed by atoms with Crippen LogP contribution >= 0.6 is 0 Å². The van der Waals surface area contributed by atoms with Crippen LogP contribution in [0.5, 0.6) is 17.2 Å². The molecule has 0 aliphatic rings. The van der Waals surface area contributed by atoms with E-state index < -0.39 is 5.54 Å². The van der Waals surface area contributed by atoms with Gasteiger partial charge in [0, 0.05) is 6.07 Å². The Kier molecular flexibility index (Phi) is 5.67. The molecule has 126 valence electrons. The molecule has 5 nitrogen and oxygen atoms in total. The normalized spacial score (nSPS) is 12.8. The van der Waals surface area contributed by atoms with Crippen LogP contribution in [0.2, 0.25) is 0 Å². The van der Waals surface area contributed by atoms with Gasteiger partial charge in [-0.1, -0.05) is 18.2 Å². The lowest BCUT2D eigenvalue weighted by atomic mass is 10.1. The zero-order valence-corrected chi connectivity index (χ0v) is 14.2. The number of aryl methyl sites for hydroxylation is 1. The van der Waals surface area contributed by atoms with Gasteiger partial charge in [-0.2, -0.15) is 5.26 Å². The molecule has 2 N–H and O–H groups in total. The lowest BCUT2D eigenvalue weighted by Crippen LogP contribution is -2.47. The zero-order chi connectivity index (χ0) is 17.6. The average Bonchev–Trinajstić information content (AvgIpc) is 2.59. The van der Waals surface area contributed by atoms with Crippen molar-refractivity contribution < 1.29 is 14.2 Å². The zero-order valence-electron chi connectivity index (χ0n) is 14.2. The van der Waals surface area contributed by atoms with Crippen LogP contribution in [0.4, 0.5) is 0 Å². The van der Waals surface area contributed by atoms with E-state index in [2.05, 4.69) is 6.07 Å². The van der Waals surface area contributed by atoms with Crippen LogP contribution in [0.3, 0.4) is 0 Å². The summed E-state index contributed by atoms with van der Waals surface area (Å²) in [5, 5.41) is 8.93. The number of hydrogen-bond donors (Lipinski definition) is 1. The third-order valence-corrected chi connectivity index (χ3v) is 3.50. The van der Waals surface area contributed by atoms with Gasteiger partial charge in [-0.25, -0.2) is 0 Å². The van der Waals surface area contributed by atoms with Crippen molar-refractivity contribution in [2.24, 2.45) is 5.73 Å². The standard InChI is InChI=1S/C19H22N2O3/c1-14-6-4-5-7-16(14)23-12-19(2,21)13-24-17-9-8-15(11-20)10-18(17)22-3/h4-10H,12-13,21H2,1-3H3. The first-order valence-corrected chi connectivity index (χ1v) is 7.63. The Morgan fingerprint density at radius 1 is 1.04 bits per heavy atom. The monoisotopic (exact) mass is 326 g/mol.